The fourth-order valence-electron chi connectivity index (χ4n) is 7.04. The van der Waals surface area contributed by atoms with Crippen LogP contribution in [0, 0.1) is 23.0 Å². The maximum Gasteiger partial charge on any atom is 2.00 e. The topological polar surface area (TPSA) is 0 Å². The molecule has 264 valence electrons. The molecule has 0 aliphatic heterocycles. The third kappa shape index (κ3) is 14.9. The Bertz CT molecular complexity index is 1210. The van der Waals surface area contributed by atoms with E-state index in [0.717, 1.165) is 38.5 Å². The Morgan fingerprint density at radius 3 is 1.12 bits per heavy atom. The van der Waals surface area contributed by atoms with E-state index in [2.05, 4.69) is 181 Å². The van der Waals surface area contributed by atoms with Crippen LogP contribution in [0.1, 0.15) is 135 Å². The Hall–Kier alpha value is 0.629. The largest absolute Gasteiger partial charge is 2.00 e. The Morgan fingerprint density at radius 1 is 0.583 bits per heavy atom. The molecule has 2 unspecified atom stereocenters. The van der Waals surface area contributed by atoms with Crippen LogP contribution in [0.25, 0.3) is 0 Å². The fraction of sp³-hybridized carbons (Fsp3) is 0.619. The molecule has 4 aliphatic rings. The maximum absolute atomic E-state index is 3.54. The zero-order chi connectivity index (χ0) is 33.2. The molecule has 0 nitrogen and oxygen atoms in total. The van der Waals surface area contributed by atoms with E-state index in [4.69, 9.17) is 0 Å². The number of hydrogen-bond donors (Lipinski definition) is 0. The van der Waals surface area contributed by atoms with E-state index in [1.54, 1.807) is 11.1 Å². The molecule has 0 aromatic heterocycles. The summed E-state index contributed by atoms with van der Waals surface area (Å²) in [4.78, 5) is 0. The van der Waals surface area contributed by atoms with Gasteiger partial charge in [-0.05, 0) is 61.5 Å². The minimum absolute atomic E-state index is 0. The molecule has 4 rings (SSSR count). The first-order valence-corrected chi connectivity index (χ1v) is 18.4. The molecule has 0 bridgehead atoms. The summed E-state index contributed by atoms with van der Waals surface area (Å²) in [6.07, 6.45) is 32.2. The van der Waals surface area contributed by atoms with Gasteiger partial charge in [-0.3, -0.25) is 12.2 Å². The van der Waals surface area contributed by atoms with Crippen LogP contribution in [0.2, 0.25) is 0 Å². The quantitative estimate of drug-likeness (QED) is 0.204. The average Bonchev–Trinajstić information content (AvgIpc) is 3.54. The second-order valence-corrected chi connectivity index (χ2v) is 21.7. The van der Waals surface area contributed by atoms with Crippen molar-refractivity contribution in [2.45, 2.75) is 154 Å². The van der Waals surface area contributed by atoms with Crippen LogP contribution in [0.4, 0.5) is 0 Å². The predicted molar refractivity (Wildman–Crippen MR) is 202 cm³/mol. The van der Waals surface area contributed by atoms with Gasteiger partial charge < -0.3 is 24.8 Å². The van der Waals surface area contributed by atoms with Crippen LogP contribution in [-0.4, -0.2) is 19.0 Å². The Morgan fingerprint density at radius 2 is 0.896 bits per heavy atom. The molecule has 0 aromatic carbocycles. The number of thioether (sulfide) groups is 2. The normalized spacial score (nSPS) is 23.7. The molecule has 0 saturated heterocycles. The van der Waals surface area contributed by atoms with E-state index in [1.165, 1.54) is 22.3 Å². The van der Waals surface area contributed by atoms with Gasteiger partial charge in [0.1, 0.15) is 0 Å². The van der Waals surface area contributed by atoms with Crippen LogP contribution in [-0.2, 0) is 43.4 Å². The van der Waals surface area contributed by atoms with Crippen LogP contribution < -0.4 is 24.8 Å². The summed E-state index contributed by atoms with van der Waals surface area (Å²) in [5, 5.41) is 0. The molecule has 0 N–H and O–H groups in total. The number of rotatable bonds is 6. The third-order valence-corrected chi connectivity index (χ3v) is 11.4. The maximum atomic E-state index is 3.54. The predicted octanol–water partition coefficient (Wildman–Crippen LogP) is 7.32. The number of allylic oxidation sites excluding steroid dienone is 14. The average molecular weight is 798 g/mol. The van der Waals surface area contributed by atoms with Crippen molar-refractivity contribution in [2.24, 2.45) is 10.8 Å². The van der Waals surface area contributed by atoms with Gasteiger partial charge in [0.05, 0.1) is 0 Å². The first-order chi connectivity index (χ1) is 20.0. The van der Waals surface area contributed by atoms with Gasteiger partial charge in [-0.15, -0.1) is 36.4 Å². The summed E-state index contributed by atoms with van der Waals surface area (Å²) in [5.41, 5.74) is 9.17. The molecule has 2 atom stereocenters. The molecule has 6 heteroatoms. The van der Waals surface area contributed by atoms with E-state index in [9.17, 15) is 0 Å². The molecule has 0 heterocycles. The third-order valence-electron chi connectivity index (χ3n) is 8.34. The van der Waals surface area contributed by atoms with Crippen molar-refractivity contribution >= 4 is 23.5 Å². The second kappa shape index (κ2) is 19.6. The summed E-state index contributed by atoms with van der Waals surface area (Å²) in [6.45, 7) is 32.7. The molecule has 48 heavy (non-hydrogen) atoms. The Labute approximate surface area is 348 Å². The molecule has 0 aromatic rings. The SMILES string of the molecule is CC1=CCC(CC2=[C-]CC=C2)(SC(C)(C)C)C(C(C)(C)C)=C1.CC1=CCC(CC2=[C-]CC=C2)(SC(C)(C)C)C(C(C)(C)C)=C1.[Cl-].[Cl-].[Ti+2].[Ti+2]. The van der Waals surface area contributed by atoms with Crippen molar-refractivity contribution in [1.82, 2.24) is 0 Å². The van der Waals surface area contributed by atoms with Gasteiger partial charge in [0, 0.05) is 19.0 Å². The minimum Gasteiger partial charge on any atom is -1.00 e. The number of hydrogen-bond acceptors (Lipinski definition) is 2. The van der Waals surface area contributed by atoms with Gasteiger partial charge in [0.2, 0.25) is 0 Å². The van der Waals surface area contributed by atoms with E-state index in [-0.39, 0.29) is 98.1 Å². The monoisotopic (exact) mass is 796 g/mol. The summed E-state index contributed by atoms with van der Waals surface area (Å²) in [7, 11) is 0. The van der Waals surface area contributed by atoms with Crippen molar-refractivity contribution in [3.05, 3.63) is 94.2 Å². The second-order valence-electron chi connectivity index (χ2n) is 17.3. The van der Waals surface area contributed by atoms with Crippen molar-refractivity contribution in [1.29, 1.82) is 0 Å². The van der Waals surface area contributed by atoms with E-state index < -0.39 is 0 Å². The van der Waals surface area contributed by atoms with Gasteiger partial charge >= 0.3 is 43.4 Å². The van der Waals surface area contributed by atoms with Crippen molar-refractivity contribution in [2.75, 3.05) is 0 Å². The molecule has 4 aliphatic carbocycles. The smallest absolute Gasteiger partial charge is 1.00 e. The zero-order valence-electron chi connectivity index (χ0n) is 32.4. The van der Waals surface area contributed by atoms with Gasteiger partial charge in [-0.25, -0.2) is 23.3 Å². The summed E-state index contributed by atoms with van der Waals surface area (Å²) in [6, 6.07) is 0. The molecular weight excluding hydrogens is 735 g/mol. The van der Waals surface area contributed by atoms with Crippen LogP contribution >= 0.6 is 23.5 Å². The van der Waals surface area contributed by atoms with E-state index >= 15 is 0 Å². The molecule has 0 fully saturated rings. The molecule has 0 radical (unpaired) electrons. The van der Waals surface area contributed by atoms with Gasteiger partial charge in [-0.1, -0.05) is 119 Å². The van der Waals surface area contributed by atoms with Crippen LogP contribution in [0.3, 0.4) is 0 Å². The van der Waals surface area contributed by atoms with E-state index in [1.807, 2.05) is 0 Å². The van der Waals surface area contributed by atoms with Gasteiger partial charge in [0.15, 0.2) is 0 Å². The molecular formula is C42H62Cl2S2Ti2. The summed E-state index contributed by atoms with van der Waals surface area (Å²) >= 11 is 4.28. The van der Waals surface area contributed by atoms with Crippen molar-refractivity contribution in [3.63, 3.8) is 0 Å². The van der Waals surface area contributed by atoms with Gasteiger partial charge in [0.25, 0.3) is 0 Å². The molecule has 0 amide bonds. The Balaban J connectivity index is 0. The van der Waals surface area contributed by atoms with Crippen LogP contribution in [0.15, 0.2) is 82.0 Å². The molecule has 0 saturated carbocycles. The van der Waals surface area contributed by atoms with Crippen LogP contribution in [0.5, 0.6) is 0 Å². The first-order valence-electron chi connectivity index (χ1n) is 16.8. The first kappa shape index (κ1) is 50.7. The van der Waals surface area contributed by atoms with E-state index in [0.29, 0.717) is 0 Å². The summed E-state index contributed by atoms with van der Waals surface area (Å²) < 4.78 is 0.804. The molecule has 0 spiro atoms. The van der Waals surface area contributed by atoms with Gasteiger partial charge in [-0.2, -0.15) is 12.2 Å². The fourth-order valence-corrected chi connectivity index (χ4v) is 11.1. The number of halogens is 2. The Kier molecular flexibility index (Phi) is 20.8. The zero-order valence-corrected chi connectivity index (χ0v) is 38.7. The van der Waals surface area contributed by atoms with Crippen molar-refractivity contribution < 1.29 is 68.2 Å². The van der Waals surface area contributed by atoms with Crippen molar-refractivity contribution in [3.8, 4) is 0 Å². The summed E-state index contributed by atoms with van der Waals surface area (Å²) in [5.74, 6) is 0. The minimum atomic E-state index is 0. The standard InChI is InChI=1S/2C21H31S.2ClH.2Ti/c2*1-16-12-13-21(22-20(5,6)7,15-17-10-8-9-11-17)18(14-16)19(2,3)4;;;;/h2*8,10,12,14H,9,13,15H2,1-7H3;2*1H;;/q2*-1;;;2*+2/p-2.